The molecule has 0 heterocycles. The molecule has 1 aliphatic rings. The molecular formula is C17H15NO3. The fourth-order valence-corrected chi connectivity index (χ4v) is 2.63. The number of aliphatic hydroxyl groups is 1. The van der Waals surface area contributed by atoms with Gasteiger partial charge in [-0.15, -0.1) is 0 Å². The van der Waals surface area contributed by atoms with Gasteiger partial charge in [-0.1, -0.05) is 42.5 Å². The van der Waals surface area contributed by atoms with Gasteiger partial charge in [0, 0.05) is 12.0 Å². The van der Waals surface area contributed by atoms with Crippen LogP contribution < -0.4 is 5.32 Å². The van der Waals surface area contributed by atoms with Gasteiger partial charge in [-0.05, 0) is 23.3 Å². The number of Topliss-reactive ketones (excluding diaryl/α,β-unsaturated/α-hetero) is 1. The molecule has 0 spiro atoms. The van der Waals surface area contributed by atoms with Crippen LogP contribution in [0.2, 0.25) is 0 Å². The predicted molar refractivity (Wildman–Crippen MR) is 77.7 cm³/mol. The molecule has 0 aromatic heterocycles. The molecule has 1 aliphatic carbocycles. The molecule has 2 aromatic carbocycles. The summed E-state index contributed by atoms with van der Waals surface area (Å²) in [7, 11) is 0. The molecule has 0 saturated heterocycles. The van der Waals surface area contributed by atoms with Gasteiger partial charge < -0.3 is 10.4 Å². The summed E-state index contributed by atoms with van der Waals surface area (Å²) < 4.78 is 0. The van der Waals surface area contributed by atoms with Crippen molar-refractivity contribution < 1.29 is 14.7 Å². The number of hydrogen-bond acceptors (Lipinski definition) is 3. The summed E-state index contributed by atoms with van der Waals surface area (Å²) in [6.45, 7) is 0. The first-order valence-electron chi connectivity index (χ1n) is 6.82. The highest BCUT2D eigenvalue weighted by Crippen LogP contribution is 2.33. The van der Waals surface area contributed by atoms with Crippen LogP contribution in [0.15, 0.2) is 54.6 Å². The van der Waals surface area contributed by atoms with E-state index in [9.17, 15) is 14.7 Å². The first-order chi connectivity index (χ1) is 10.2. The first kappa shape index (κ1) is 13.5. The van der Waals surface area contributed by atoms with E-state index in [-0.39, 0.29) is 18.1 Å². The van der Waals surface area contributed by atoms with Crippen LogP contribution in [0, 0.1) is 0 Å². The second-order valence-corrected chi connectivity index (χ2v) is 5.09. The summed E-state index contributed by atoms with van der Waals surface area (Å²) in [6, 6.07) is 15.2. The number of benzene rings is 2. The van der Waals surface area contributed by atoms with Gasteiger partial charge in [0.1, 0.15) is 6.04 Å². The first-order valence-corrected chi connectivity index (χ1v) is 6.82. The Kier molecular flexibility index (Phi) is 3.54. The maximum Gasteiger partial charge on any atom is 0.252 e. The van der Waals surface area contributed by atoms with E-state index < -0.39 is 12.1 Å². The smallest absolute Gasteiger partial charge is 0.252 e. The van der Waals surface area contributed by atoms with E-state index in [0.717, 1.165) is 0 Å². The molecule has 106 valence electrons. The molecule has 4 nitrogen and oxygen atoms in total. The van der Waals surface area contributed by atoms with Crippen LogP contribution in [0.4, 0.5) is 0 Å². The van der Waals surface area contributed by atoms with Crippen LogP contribution in [-0.4, -0.2) is 16.8 Å². The van der Waals surface area contributed by atoms with Crippen molar-refractivity contribution in [1.29, 1.82) is 0 Å². The highest BCUT2D eigenvalue weighted by atomic mass is 16.3. The lowest BCUT2D eigenvalue weighted by Crippen LogP contribution is -2.37. The molecule has 0 fully saturated rings. The highest BCUT2D eigenvalue weighted by Gasteiger charge is 2.33. The molecular weight excluding hydrogens is 266 g/mol. The van der Waals surface area contributed by atoms with Gasteiger partial charge in [0.25, 0.3) is 5.91 Å². The summed E-state index contributed by atoms with van der Waals surface area (Å²) in [4.78, 5) is 24.4. The normalized spacial score (nSPS) is 20.7. The molecule has 0 aliphatic heterocycles. The summed E-state index contributed by atoms with van der Waals surface area (Å²) in [5.41, 5.74) is 1.88. The largest absolute Gasteiger partial charge is 0.388 e. The maximum absolute atomic E-state index is 12.2. The predicted octanol–water partition coefficient (Wildman–Crippen LogP) is 2.16. The van der Waals surface area contributed by atoms with E-state index in [4.69, 9.17) is 0 Å². The van der Waals surface area contributed by atoms with Crippen LogP contribution in [0.1, 0.15) is 40.1 Å². The zero-order valence-corrected chi connectivity index (χ0v) is 11.3. The molecule has 0 saturated carbocycles. The lowest BCUT2D eigenvalue weighted by Gasteiger charge is -2.28. The van der Waals surface area contributed by atoms with Gasteiger partial charge in [0.15, 0.2) is 5.78 Å². The summed E-state index contributed by atoms with van der Waals surface area (Å²) in [6.07, 6.45) is -0.768. The van der Waals surface area contributed by atoms with Crippen LogP contribution in [0.5, 0.6) is 0 Å². The van der Waals surface area contributed by atoms with Crippen LogP contribution in [0.3, 0.4) is 0 Å². The van der Waals surface area contributed by atoms with Crippen LogP contribution >= 0.6 is 0 Å². The number of fused-ring (bicyclic) bond motifs is 1. The molecule has 2 N–H and O–H groups in total. The lowest BCUT2D eigenvalue weighted by atomic mass is 9.84. The number of aliphatic hydroxyl groups excluding tert-OH is 1. The third kappa shape index (κ3) is 2.58. The van der Waals surface area contributed by atoms with Crippen LogP contribution in [0.25, 0.3) is 0 Å². The second kappa shape index (κ2) is 5.50. The van der Waals surface area contributed by atoms with Crippen molar-refractivity contribution in [1.82, 2.24) is 5.32 Å². The standard InChI is InChI=1S/C17H15NO3/c19-14-10-15(20)16(13-9-5-4-8-12(13)14)18-17(21)11-6-2-1-3-7-11/h1-9,14,16,19H,10H2,(H,18,21)/t14-,16?/m1/s1. The Morgan fingerprint density at radius 2 is 1.62 bits per heavy atom. The molecule has 3 rings (SSSR count). The van der Waals surface area contributed by atoms with Gasteiger partial charge in [-0.2, -0.15) is 0 Å². The average molecular weight is 281 g/mol. The zero-order chi connectivity index (χ0) is 14.8. The van der Waals surface area contributed by atoms with Crippen molar-refractivity contribution in [3.63, 3.8) is 0 Å². The van der Waals surface area contributed by atoms with Gasteiger partial charge in [0.2, 0.25) is 0 Å². The highest BCUT2D eigenvalue weighted by molar-refractivity contribution is 5.99. The number of carbonyl (C=O) groups is 2. The van der Waals surface area contributed by atoms with Crippen LogP contribution in [-0.2, 0) is 4.79 Å². The fourth-order valence-electron chi connectivity index (χ4n) is 2.63. The van der Waals surface area contributed by atoms with Crippen molar-refractivity contribution in [2.75, 3.05) is 0 Å². The SMILES string of the molecule is O=C(NC1C(=O)C[C@@H](O)c2ccccc21)c1ccccc1. The Morgan fingerprint density at radius 3 is 2.33 bits per heavy atom. The summed E-state index contributed by atoms with van der Waals surface area (Å²) in [5.74, 6) is -0.467. The van der Waals surface area contributed by atoms with Crippen molar-refractivity contribution >= 4 is 11.7 Å². The Bertz CT molecular complexity index is 681. The molecule has 0 bridgehead atoms. The monoisotopic (exact) mass is 281 g/mol. The number of hydrogen-bond donors (Lipinski definition) is 2. The van der Waals surface area contributed by atoms with Gasteiger partial charge in [-0.3, -0.25) is 9.59 Å². The molecule has 4 heteroatoms. The number of rotatable bonds is 2. The third-order valence-electron chi connectivity index (χ3n) is 3.69. The van der Waals surface area contributed by atoms with Crippen molar-refractivity contribution in [2.24, 2.45) is 0 Å². The minimum Gasteiger partial charge on any atom is -0.388 e. The van der Waals surface area contributed by atoms with Gasteiger partial charge >= 0.3 is 0 Å². The van der Waals surface area contributed by atoms with Gasteiger partial charge in [-0.25, -0.2) is 0 Å². The van der Waals surface area contributed by atoms with Gasteiger partial charge in [0.05, 0.1) is 6.10 Å². The third-order valence-corrected chi connectivity index (χ3v) is 3.69. The Hall–Kier alpha value is -2.46. The molecule has 2 aromatic rings. The van der Waals surface area contributed by atoms with Crippen molar-refractivity contribution in [2.45, 2.75) is 18.6 Å². The molecule has 0 radical (unpaired) electrons. The number of nitrogens with one attached hydrogen (secondary N) is 1. The molecule has 21 heavy (non-hydrogen) atoms. The van der Waals surface area contributed by atoms with E-state index in [1.54, 1.807) is 42.5 Å². The molecule has 2 atom stereocenters. The Balaban J connectivity index is 1.90. The summed E-state index contributed by atoms with van der Waals surface area (Å²) >= 11 is 0. The minimum atomic E-state index is -0.793. The fraction of sp³-hybridized carbons (Fsp3) is 0.176. The maximum atomic E-state index is 12.2. The topological polar surface area (TPSA) is 66.4 Å². The average Bonchev–Trinajstić information content (AvgIpc) is 2.52. The quantitative estimate of drug-likeness (QED) is 0.886. The van der Waals surface area contributed by atoms with Crippen molar-refractivity contribution in [3.05, 3.63) is 71.3 Å². The molecule has 1 amide bonds. The van der Waals surface area contributed by atoms with E-state index in [1.165, 1.54) is 0 Å². The molecule has 1 unspecified atom stereocenters. The zero-order valence-electron chi connectivity index (χ0n) is 11.3. The summed E-state index contributed by atoms with van der Waals surface area (Å²) in [5, 5.41) is 12.7. The van der Waals surface area contributed by atoms with E-state index in [1.807, 2.05) is 12.1 Å². The van der Waals surface area contributed by atoms with E-state index in [2.05, 4.69) is 5.32 Å². The second-order valence-electron chi connectivity index (χ2n) is 5.09. The Morgan fingerprint density at radius 1 is 1.00 bits per heavy atom. The number of amides is 1. The number of carbonyl (C=O) groups excluding carboxylic acids is 2. The van der Waals surface area contributed by atoms with Crippen molar-refractivity contribution in [3.8, 4) is 0 Å². The van der Waals surface area contributed by atoms with E-state index in [0.29, 0.717) is 16.7 Å². The lowest BCUT2D eigenvalue weighted by molar-refractivity contribution is -0.124. The Labute approximate surface area is 122 Å². The minimum absolute atomic E-state index is 0.0246. The number of ketones is 1. The van der Waals surface area contributed by atoms with E-state index >= 15 is 0 Å².